The predicted octanol–water partition coefficient (Wildman–Crippen LogP) is 1.71. The van der Waals surface area contributed by atoms with E-state index in [4.69, 9.17) is 5.73 Å². The van der Waals surface area contributed by atoms with E-state index in [2.05, 4.69) is 13.8 Å². The second kappa shape index (κ2) is 5.41. The minimum absolute atomic E-state index is 0.119. The van der Waals surface area contributed by atoms with Crippen molar-refractivity contribution in [2.24, 2.45) is 11.7 Å². The monoisotopic (exact) mass is 244 g/mol. The molecule has 1 amide bonds. The molecular formula is C12H24N2OS. The number of hydrogen-bond acceptors (Lipinski definition) is 3. The van der Waals surface area contributed by atoms with Crippen LogP contribution in [0.2, 0.25) is 0 Å². The maximum absolute atomic E-state index is 12.1. The van der Waals surface area contributed by atoms with E-state index in [-0.39, 0.29) is 22.6 Å². The predicted molar refractivity (Wildman–Crippen MR) is 70.5 cm³/mol. The molecule has 1 aliphatic rings. The molecule has 0 aliphatic carbocycles. The Kier molecular flexibility index (Phi) is 4.68. The Labute approximate surface area is 103 Å². The molecule has 94 valence electrons. The number of thioether (sulfide) groups is 1. The van der Waals surface area contributed by atoms with Gasteiger partial charge >= 0.3 is 0 Å². The van der Waals surface area contributed by atoms with Gasteiger partial charge in [-0.1, -0.05) is 27.7 Å². The van der Waals surface area contributed by atoms with Gasteiger partial charge in [-0.2, -0.15) is 11.8 Å². The molecular weight excluding hydrogens is 220 g/mol. The summed E-state index contributed by atoms with van der Waals surface area (Å²) < 4.78 is 0.289. The van der Waals surface area contributed by atoms with Crippen LogP contribution in [0.4, 0.5) is 0 Å². The van der Waals surface area contributed by atoms with Gasteiger partial charge in [-0.05, 0) is 12.3 Å². The van der Waals surface area contributed by atoms with Crippen LogP contribution in [-0.4, -0.2) is 40.4 Å². The summed E-state index contributed by atoms with van der Waals surface area (Å²) in [5.41, 5.74) is 5.91. The molecule has 0 radical (unpaired) electrons. The lowest BCUT2D eigenvalue weighted by atomic mass is 10.0. The highest BCUT2D eigenvalue weighted by molar-refractivity contribution is 8.00. The molecule has 16 heavy (non-hydrogen) atoms. The number of nitrogens with zero attached hydrogens (tertiary/aromatic N) is 1. The molecule has 1 rings (SSSR count). The third kappa shape index (κ3) is 3.67. The van der Waals surface area contributed by atoms with Gasteiger partial charge in [0.1, 0.15) is 0 Å². The van der Waals surface area contributed by atoms with Crippen molar-refractivity contribution in [2.75, 3.05) is 18.8 Å². The number of hydrogen-bond donors (Lipinski definition) is 1. The van der Waals surface area contributed by atoms with E-state index < -0.39 is 0 Å². The zero-order valence-corrected chi connectivity index (χ0v) is 11.6. The molecule has 1 unspecified atom stereocenters. The SMILES string of the molecule is CC(C)C(N)C(=O)N1CCSC(C)(C)CC1. The summed E-state index contributed by atoms with van der Waals surface area (Å²) in [7, 11) is 0. The Balaban J connectivity index is 2.58. The zero-order valence-electron chi connectivity index (χ0n) is 10.8. The summed E-state index contributed by atoms with van der Waals surface area (Å²) in [6.45, 7) is 10.2. The van der Waals surface area contributed by atoms with Gasteiger partial charge in [-0.25, -0.2) is 0 Å². The third-order valence-electron chi connectivity index (χ3n) is 3.15. The Morgan fingerprint density at radius 1 is 1.38 bits per heavy atom. The van der Waals surface area contributed by atoms with E-state index >= 15 is 0 Å². The number of carbonyl (C=O) groups is 1. The van der Waals surface area contributed by atoms with Crippen molar-refractivity contribution in [3.05, 3.63) is 0 Å². The molecule has 0 bridgehead atoms. The first-order chi connectivity index (χ1) is 7.33. The quantitative estimate of drug-likeness (QED) is 0.804. The number of amides is 1. The average Bonchev–Trinajstić information content (AvgIpc) is 2.37. The van der Waals surface area contributed by atoms with Gasteiger partial charge in [0.25, 0.3) is 0 Å². The molecule has 2 N–H and O–H groups in total. The van der Waals surface area contributed by atoms with Crippen LogP contribution in [0.25, 0.3) is 0 Å². The molecule has 1 atom stereocenters. The van der Waals surface area contributed by atoms with Crippen molar-refractivity contribution in [1.29, 1.82) is 0 Å². The maximum atomic E-state index is 12.1. The van der Waals surface area contributed by atoms with Crippen molar-refractivity contribution < 1.29 is 4.79 Å². The van der Waals surface area contributed by atoms with Crippen LogP contribution in [-0.2, 0) is 4.79 Å². The summed E-state index contributed by atoms with van der Waals surface area (Å²) in [6.07, 6.45) is 1.05. The van der Waals surface area contributed by atoms with E-state index in [1.165, 1.54) is 0 Å². The van der Waals surface area contributed by atoms with Gasteiger partial charge in [-0.3, -0.25) is 4.79 Å². The van der Waals surface area contributed by atoms with E-state index in [9.17, 15) is 4.79 Å². The van der Waals surface area contributed by atoms with Gasteiger partial charge in [0.05, 0.1) is 6.04 Å². The van der Waals surface area contributed by atoms with Crippen LogP contribution < -0.4 is 5.73 Å². The molecule has 0 aromatic rings. The van der Waals surface area contributed by atoms with Crippen LogP contribution in [0.15, 0.2) is 0 Å². The minimum Gasteiger partial charge on any atom is -0.340 e. The first-order valence-electron chi connectivity index (χ1n) is 6.02. The van der Waals surface area contributed by atoms with Crippen LogP contribution in [0, 0.1) is 5.92 Å². The Morgan fingerprint density at radius 2 is 2.00 bits per heavy atom. The first kappa shape index (κ1) is 13.8. The van der Waals surface area contributed by atoms with Crippen LogP contribution >= 0.6 is 11.8 Å². The molecule has 3 nitrogen and oxygen atoms in total. The second-order valence-corrected chi connectivity index (χ2v) is 7.26. The Bertz CT molecular complexity index is 253. The fraction of sp³-hybridized carbons (Fsp3) is 0.917. The Hall–Kier alpha value is -0.220. The van der Waals surface area contributed by atoms with Crippen molar-refractivity contribution in [3.63, 3.8) is 0 Å². The third-order valence-corrected chi connectivity index (χ3v) is 4.53. The highest BCUT2D eigenvalue weighted by Crippen LogP contribution is 2.30. The van der Waals surface area contributed by atoms with Crippen molar-refractivity contribution in [3.8, 4) is 0 Å². The number of carbonyl (C=O) groups excluding carboxylic acids is 1. The number of nitrogens with two attached hydrogens (primary N) is 1. The summed E-state index contributed by atoms with van der Waals surface area (Å²) in [5.74, 6) is 1.36. The maximum Gasteiger partial charge on any atom is 0.239 e. The molecule has 0 saturated carbocycles. The smallest absolute Gasteiger partial charge is 0.239 e. The molecule has 0 aromatic carbocycles. The van der Waals surface area contributed by atoms with Gasteiger partial charge in [0.15, 0.2) is 0 Å². The van der Waals surface area contributed by atoms with Crippen molar-refractivity contribution >= 4 is 17.7 Å². The molecule has 0 spiro atoms. The summed E-state index contributed by atoms with van der Waals surface area (Å²) >= 11 is 1.95. The van der Waals surface area contributed by atoms with Crippen LogP contribution in [0.1, 0.15) is 34.1 Å². The fourth-order valence-electron chi connectivity index (χ4n) is 1.74. The summed E-state index contributed by atoms with van der Waals surface area (Å²) in [4.78, 5) is 14.0. The Morgan fingerprint density at radius 3 is 2.56 bits per heavy atom. The molecule has 1 fully saturated rings. The first-order valence-corrected chi connectivity index (χ1v) is 7.00. The lowest BCUT2D eigenvalue weighted by Crippen LogP contribution is -2.47. The average molecular weight is 244 g/mol. The van der Waals surface area contributed by atoms with Crippen LogP contribution in [0.3, 0.4) is 0 Å². The van der Waals surface area contributed by atoms with Gasteiger partial charge in [0, 0.05) is 23.6 Å². The topological polar surface area (TPSA) is 46.3 Å². The standard InChI is InChI=1S/C12H24N2OS/c1-9(2)10(13)11(15)14-6-5-12(3,4)16-8-7-14/h9-10H,5-8,13H2,1-4H3. The van der Waals surface area contributed by atoms with Crippen LogP contribution in [0.5, 0.6) is 0 Å². The van der Waals surface area contributed by atoms with Gasteiger partial charge < -0.3 is 10.6 Å². The molecule has 4 heteroatoms. The zero-order chi connectivity index (χ0) is 12.3. The van der Waals surface area contributed by atoms with E-state index in [0.29, 0.717) is 0 Å². The van der Waals surface area contributed by atoms with E-state index in [1.54, 1.807) is 0 Å². The van der Waals surface area contributed by atoms with E-state index in [0.717, 1.165) is 25.3 Å². The largest absolute Gasteiger partial charge is 0.340 e. The highest BCUT2D eigenvalue weighted by atomic mass is 32.2. The second-order valence-electron chi connectivity index (χ2n) is 5.45. The molecule has 1 aliphatic heterocycles. The number of rotatable bonds is 2. The minimum atomic E-state index is -0.341. The lowest BCUT2D eigenvalue weighted by molar-refractivity contribution is -0.133. The normalized spacial score (nSPS) is 23.0. The molecule has 1 heterocycles. The van der Waals surface area contributed by atoms with E-state index in [1.807, 2.05) is 30.5 Å². The lowest BCUT2D eigenvalue weighted by Gasteiger charge is -2.26. The van der Waals surface area contributed by atoms with Crippen molar-refractivity contribution in [1.82, 2.24) is 4.90 Å². The van der Waals surface area contributed by atoms with Crippen molar-refractivity contribution in [2.45, 2.75) is 44.9 Å². The summed E-state index contributed by atoms with van der Waals surface area (Å²) in [6, 6.07) is -0.341. The summed E-state index contributed by atoms with van der Waals surface area (Å²) in [5, 5.41) is 0. The highest BCUT2D eigenvalue weighted by Gasteiger charge is 2.29. The van der Waals surface area contributed by atoms with Gasteiger partial charge in [0.2, 0.25) is 5.91 Å². The fourth-order valence-corrected chi connectivity index (χ4v) is 2.84. The molecule has 0 aromatic heterocycles. The van der Waals surface area contributed by atoms with Gasteiger partial charge in [-0.15, -0.1) is 0 Å². The molecule has 1 saturated heterocycles.